The number of carboxylic acid groups (broad SMARTS) is 1. The third-order valence-electron chi connectivity index (χ3n) is 1.31. The third kappa shape index (κ3) is 42.4. The van der Waals surface area contributed by atoms with E-state index in [2.05, 4.69) is 49.0 Å². The van der Waals surface area contributed by atoms with Crippen LogP contribution in [0.2, 0.25) is 0 Å². The van der Waals surface area contributed by atoms with E-state index in [9.17, 15) is 9.90 Å². The Morgan fingerprint density at radius 3 is 1.67 bits per heavy atom. The van der Waals surface area contributed by atoms with Crippen molar-refractivity contribution in [3.8, 4) is 0 Å². The fourth-order valence-corrected chi connectivity index (χ4v) is 0.763. The van der Waals surface area contributed by atoms with Crippen LogP contribution in [0.1, 0.15) is 40.0 Å². The van der Waals surface area contributed by atoms with Crippen molar-refractivity contribution in [2.24, 2.45) is 5.41 Å². The van der Waals surface area contributed by atoms with Gasteiger partial charge in [0, 0.05) is 5.97 Å². The van der Waals surface area contributed by atoms with Crippen LogP contribution in [0, 0.1) is 5.41 Å². The minimum absolute atomic E-state index is 0.192. The van der Waals surface area contributed by atoms with E-state index in [1.54, 1.807) is 0 Å². The Balaban J connectivity index is 0. The fourth-order valence-electron chi connectivity index (χ4n) is 0.763. The standard InChI is InChI=1S/C8H16O2.C4H12N/c1-8(2,3)6-4-5-7(9)10;1-5(2,3)4/h4-6H2,1-3H3,(H,9,10);1-4H3/q;+1/p-1. The molecule has 0 aliphatic rings. The molecule has 3 heteroatoms. The van der Waals surface area contributed by atoms with Crippen molar-refractivity contribution in [2.45, 2.75) is 40.0 Å². The zero-order valence-corrected chi connectivity index (χ0v) is 11.4. The van der Waals surface area contributed by atoms with Gasteiger partial charge in [-0.2, -0.15) is 0 Å². The van der Waals surface area contributed by atoms with Crippen molar-refractivity contribution < 1.29 is 14.4 Å². The molecule has 0 aromatic heterocycles. The highest BCUT2D eigenvalue weighted by molar-refractivity contribution is 5.64. The molecule has 0 unspecified atom stereocenters. The molecular formula is C12H27NO2. The van der Waals surface area contributed by atoms with Crippen molar-refractivity contribution in [1.82, 2.24) is 0 Å². The number of hydrogen-bond acceptors (Lipinski definition) is 2. The first-order valence-corrected chi connectivity index (χ1v) is 5.40. The first kappa shape index (κ1) is 16.8. The maximum absolute atomic E-state index is 9.97. The number of quaternary nitrogens is 1. The van der Waals surface area contributed by atoms with Crippen LogP contribution in [0.5, 0.6) is 0 Å². The number of carbonyl (C=O) groups excluding carboxylic acids is 1. The Bertz CT molecular complexity index is 169. The zero-order valence-electron chi connectivity index (χ0n) is 11.4. The van der Waals surface area contributed by atoms with Crippen molar-refractivity contribution in [1.29, 1.82) is 0 Å². The molecule has 0 aliphatic heterocycles. The van der Waals surface area contributed by atoms with Crippen molar-refractivity contribution >= 4 is 5.97 Å². The quantitative estimate of drug-likeness (QED) is 0.668. The Labute approximate surface area is 94.7 Å². The van der Waals surface area contributed by atoms with Gasteiger partial charge in [-0.15, -0.1) is 0 Å². The highest BCUT2D eigenvalue weighted by atomic mass is 16.4. The highest BCUT2D eigenvalue weighted by Crippen LogP contribution is 2.20. The summed E-state index contributed by atoms with van der Waals surface area (Å²) in [5, 5.41) is 9.97. The molecule has 0 rings (SSSR count). The third-order valence-corrected chi connectivity index (χ3v) is 1.31. The van der Waals surface area contributed by atoms with Crippen LogP contribution in [-0.2, 0) is 4.79 Å². The monoisotopic (exact) mass is 217 g/mol. The van der Waals surface area contributed by atoms with Gasteiger partial charge in [0.15, 0.2) is 0 Å². The maximum Gasteiger partial charge on any atom is 0.0675 e. The molecule has 0 heterocycles. The number of hydrogen-bond donors (Lipinski definition) is 0. The predicted octanol–water partition coefficient (Wildman–Crippen LogP) is 1.28. The molecule has 3 nitrogen and oxygen atoms in total. The smallest absolute Gasteiger partial charge is 0.0675 e. The van der Waals surface area contributed by atoms with Crippen LogP contribution >= 0.6 is 0 Å². The molecule has 0 fully saturated rings. The average molecular weight is 217 g/mol. The summed E-state index contributed by atoms with van der Waals surface area (Å²) in [7, 11) is 8.50. The van der Waals surface area contributed by atoms with E-state index in [0.29, 0.717) is 0 Å². The summed E-state index contributed by atoms with van der Waals surface area (Å²) in [6.07, 6.45) is 1.87. The second-order valence-electron chi connectivity index (χ2n) is 6.47. The highest BCUT2D eigenvalue weighted by Gasteiger charge is 2.08. The summed E-state index contributed by atoms with van der Waals surface area (Å²) in [6.45, 7) is 6.30. The minimum Gasteiger partial charge on any atom is -0.550 e. The SMILES string of the molecule is CC(C)(C)CCCC(=O)[O-].C[N+](C)(C)C. The Kier molecular flexibility index (Phi) is 7.67. The molecule has 0 bridgehead atoms. The van der Waals surface area contributed by atoms with Crippen LogP contribution in [0.25, 0.3) is 0 Å². The van der Waals surface area contributed by atoms with E-state index in [1.807, 2.05) is 0 Å². The lowest BCUT2D eigenvalue weighted by Gasteiger charge is -2.17. The van der Waals surface area contributed by atoms with E-state index in [4.69, 9.17) is 0 Å². The molecule has 0 radical (unpaired) electrons. The zero-order chi connectivity index (χ0) is 12.7. The maximum atomic E-state index is 9.97. The molecule has 0 amide bonds. The lowest BCUT2D eigenvalue weighted by Crippen LogP contribution is -2.27. The lowest BCUT2D eigenvalue weighted by atomic mass is 9.90. The number of carbonyl (C=O) groups is 1. The lowest BCUT2D eigenvalue weighted by molar-refractivity contribution is -0.849. The first-order valence-electron chi connectivity index (χ1n) is 5.40. The van der Waals surface area contributed by atoms with Gasteiger partial charge >= 0.3 is 0 Å². The van der Waals surface area contributed by atoms with Crippen molar-refractivity contribution in [2.75, 3.05) is 28.2 Å². The molecule has 0 saturated carbocycles. The molecule has 0 spiro atoms. The number of aliphatic carboxylic acids is 1. The number of carboxylic acids is 1. The van der Waals surface area contributed by atoms with Crippen LogP contribution in [-0.4, -0.2) is 38.6 Å². The second-order valence-corrected chi connectivity index (χ2v) is 6.47. The van der Waals surface area contributed by atoms with Crippen LogP contribution < -0.4 is 5.11 Å². The van der Waals surface area contributed by atoms with Crippen LogP contribution in [0.4, 0.5) is 0 Å². The summed E-state index contributed by atoms with van der Waals surface area (Å²) in [6, 6.07) is 0. The molecule has 0 aliphatic carbocycles. The molecule has 0 atom stereocenters. The van der Waals surface area contributed by atoms with Gasteiger partial charge in [0.2, 0.25) is 0 Å². The van der Waals surface area contributed by atoms with Crippen LogP contribution in [0.3, 0.4) is 0 Å². The molecule has 0 aromatic carbocycles. The predicted molar refractivity (Wildman–Crippen MR) is 62.3 cm³/mol. The molecule has 0 N–H and O–H groups in total. The van der Waals surface area contributed by atoms with E-state index >= 15 is 0 Å². The largest absolute Gasteiger partial charge is 0.550 e. The van der Waals surface area contributed by atoms with Gasteiger partial charge < -0.3 is 14.4 Å². The molecule has 0 aromatic rings. The van der Waals surface area contributed by atoms with Gasteiger partial charge in [-0.3, -0.25) is 0 Å². The van der Waals surface area contributed by atoms with E-state index < -0.39 is 5.97 Å². The fraction of sp³-hybridized carbons (Fsp3) is 0.917. The molecule has 15 heavy (non-hydrogen) atoms. The van der Waals surface area contributed by atoms with E-state index in [1.165, 1.54) is 0 Å². The van der Waals surface area contributed by atoms with Gasteiger partial charge in [0.1, 0.15) is 0 Å². The van der Waals surface area contributed by atoms with Gasteiger partial charge in [0.25, 0.3) is 0 Å². The Morgan fingerprint density at radius 1 is 1.13 bits per heavy atom. The number of rotatable bonds is 3. The minimum atomic E-state index is -0.941. The van der Waals surface area contributed by atoms with E-state index in [0.717, 1.165) is 17.3 Å². The Morgan fingerprint density at radius 2 is 1.47 bits per heavy atom. The summed E-state index contributed by atoms with van der Waals surface area (Å²) in [5.74, 6) is -0.941. The number of nitrogens with zero attached hydrogens (tertiary/aromatic N) is 1. The van der Waals surface area contributed by atoms with Gasteiger partial charge in [0.05, 0.1) is 28.2 Å². The van der Waals surface area contributed by atoms with Gasteiger partial charge in [-0.05, 0) is 24.7 Å². The normalized spacial score (nSPS) is 11.7. The van der Waals surface area contributed by atoms with Crippen molar-refractivity contribution in [3.63, 3.8) is 0 Å². The van der Waals surface area contributed by atoms with Gasteiger partial charge in [-0.1, -0.05) is 20.8 Å². The van der Waals surface area contributed by atoms with Crippen LogP contribution in [0.15, 0.2) is 0 Å². The average Bonchev–Trinajstić information content (AvgIpc) is 1.77. The van der Waals surface area contributed by atoms with Gasteiger partial charge in [-0.25, -0.2) is 0 Å². The second kappa shape index (κ2) is 6.83. The summed E-state index contributed by atoms with van der Waals surface area (Å²) in [4.78, 5) is 9.97. The molecule has 0 saturated heterocycles. The molecular weight excluding hydrogens is 190 g/mol. The first-order chi connectivity index (χ1) is 6.42. The summed E-state index contributed by atoms with van der Waals surface area (Å²) >= 11 is 0. The van der Waals surface area contributed by atoms with E-state index in [-0.39, 0.29) is 11.8 Å². The Hall–Kier alpha value is -0.570. The van der Waals surface area contributed by atoms with Crippen molar-refractivity contribution in [3.05, 3.63) is 0 Å². The summed E-state index contributed by atoms with van der Waals surface area (Å²) in [5.41, 5.74) is 0.245. The molecule has 92 valence electrons. The summed E-state index contributed by atoms with van der Waals surface area (Å²) < 4.78 is 1.00. The topological polar surface area (TPSA) is 40.1 Å².